The Labute approximate surface area is 75.5 Å². The number of rotatable bonds is 3. The van der Waals surface area contributed by atoms with Crippen LogP contribution in [0.1, 0.15) is 13.3 Å². The Morgan fingerprint density at radius 3 is 2.92 bits per heavy atom. The molecule has 0 N–H and O–H groups in total. The highest BCUT2D eigenvalue weighted by Gasteiger charge is 1.95. The Kier molecular flexibility index (Phi) is 3.17. The molecule has 0 aliphatic rings. The van der Waals surface area contributed by atoms with Crippen LogP contribution in [0.5, 0.6) is 0 Å². The number of nitrogens with zero attached hydrogens (tertiary/aromatic N) is 2. The molecule has 1 heterocycles. The fourth-order valence-corrected chi connectivity index (χ4v) is 1.05. The quantitative estimate of drug-likeness (QED) is 0.516. The summed E-state index contributed by atoms with van der Waals surface area (Å²) in [6.45, 7) is 2.61. The van der Waals surface area contributed by atoms with Gasteiger partial charge in [0.25, 0.3) is 5.56 Å². The third kappa shape index (κ3) is 2.39. The lowest BCUT2D eigenvalue weighted by atomic mass is 10.4. The molecule has 0 saturated carbocycles. The maximum Gasteiger partial charge on any atom is 0.250 e. The van der Waals surface area contributed by atoms with Gasteiger partial charge in [-0.15, -0.1) is 0 Å². The second kappa shape index (κ2) is 4.38. The molecule has 0 fully saturated rings. The van der Waals surface area contributed by atoms with E-state index in [1.165, 1.54) is 22.8 Å². The fraction of sp³-hybridized carbons (Fsp3) is 0.333. The van der Waals surface area contributed by atoms with Gasteiger partial charge in [-0.05, 0) is 12.5 Å². The van der Waals surface area contributed by atoms with Crippen molar-refractivity contribution in [2.24, 2.45) is 4.99 Å². The Balaban J connectivity index is 3.10. The van der Waals surface area contributed by atoms with Crippen LogP contribution < -0.4 is 5.56 Å². The number of isocyanates is 1. The molecule has 1 rings (SSSR count). The molecular weight excluding hydrogens is 168 g/mol. The minimum Gasteiger partial charge on any atom is -0.313 e. The number of pyridine rings is 1. The zero-order chi connectivity index (χ0) is 9.68. The van der Waals surface area contributed by atoms with Crippen molar-refractivity contribution in [2.75, 3.05) is 0 Å². The first-order valence-corrected chi connectivity index (χ1v) is 4.06. The lowest BCUT2D eigenvalue weighted by Crippen LogP contribution is -2.17. The van der Waals surface area contributed by atoms with Gasteiger partial charge in [-0.25, -0.2) is 4.79 Å². The summed E-state index contributed by atoms with van der Waals surface area (Å²) in [5.41, 5.74) is 0.384. The first kappa shape index (κ1) is 9.42. The Bertz CT molecular complexity index is 389. The van der Waals surface area contributed by atoms with Crippen molar-refractivity contribution in [3.8, 4) is 0 Å². The van der Waals surface area contributed by atoms with E-state index in [2.05, 4.69) is 4.99 Å². The normalized spacial score (nSPS) is 9.31. The zero-order valence-corrected chi connectivity index (χ0v) is 7.36. The summed E-state index contributed by atoms with van der Waals surface area (Å²) in [6.07, 6.45) is 3.85. The van der Waals surface area contributed by atoms with Gasteiger partial charge in [0.05, 0.1) is 5.69 Å². The van der Waals surface area contributed by atoms with Crippen LogP contribution >= 0.6 is 0 Å². The predicted molar refractivity (Wildman–Crippen MR) is 48.8 cm³/mol. The van der Waals surface area contributed by atoms with Crippen molar-refractivity contribution in [1.29, 1.82) is 0 Å². The summed E-state index contributed by atoms with van der Waals surface area (Å²) in [4.78, 5) is 24.6. The molecule has 0 spiro atoms. The van der Waals surface area contributed by atoms with Crippen LogP contribution in [0, 0.1) is 0 Å². The van der Waals surface area contributed by atoms with Gasteiger partial charge in [-0.2, -0.15) is 4.99 Å². The fourth-order valence-electron chi connectivity index (χ4n) is 1.05. The average Bonchev–Trinajstić information content (AvgIpc) is 2.12. The molecule has 0 bridgehead atoms. The Hall–Kier alpha value is -1.67. The number of carbonyl (C=O) groups excluding carboxylic acids is 1. The van der Waals surface area contributed by atoms with Gasteiger partial charge in [-0.1, -0.05) is 6.92 Å². The summed E-state index contributed by atoms with van der Waals surface area (Å²) < 4.78 is 1.52. The van der Waals surface area contributed by atoms with Crippen LogP contribution in [0.4, 0.5) is 5.69 Å². The molecule has 1 aromatic heterocycles. The van der Waals surface area contributed by atoms with Gasteiger partial charge in [0.15, 0.2) is 0 Å². The van der Waals surface area contributed by atoms with Crippen LogP contribution in [-0.4, -0.2) is 10.6 Å². The Morgan fingerprint density at radius 1 is 1.54 bits per heavy atom. The molecule has 0 aromatic carbocycles. The summed E-state index contributed by atoms with van der Waals surface area (Å²) in [5.74, 6) is 0. The molecule has 4 nitrogen and oxygen atoms in total. The molecule has 1 aromatic rings. The maximum absolute atomic E-state index is 11.2. The van der Waals surface area contributed by atoms with Crippen molar-refractivity contribution in [1.82, 2.24) is 4.57 Å². The van der Waals surface area contributed by atoms with Gasteiger partial charge in [0, 0.05) is 18.8 Å². The number of aliphatic imine (C=N–C) groups is 1. The van der Waals surface area contributed by atoms with Crippen molar-refractivity contribution in [3.05, 3.63) is 28.7 Å². The molecular formula is C9H10N2O2. The molecule has 0 unspecified atom stereocenters. The van der Waals surface area contributed by atoms with Gasteiger partial charge in [0.1, 0.15) is 0 Å². The highest BCUT2D eigenvalue weighted by Crippen LogP contribution is 2.06. The number of aromatic nitrogens is 1. The molecule has 0 radical (unpaired) electrons. The first-order chi connectivity index (χ1) is 6.27. The first-order valence-electron chi connectivity index (χ1n) is 4.06. The van der Waals surface area contributed by atoms with E-state index >= 15 is 0 Å². The van der Waals surface area contributed by atoms with E-state index < -0.39 is 0 Å². The molecule has 0 saturated heterocycles. The SMILES string of the molecule is CCCn1cc(N=C=O)ccc1=O. The maximum atomic E-state index is 11.2. The topological polar surface area (TPSA) is 51.4 Å². The van der Waals surface area contributed by atoms with Crippen molar-refractivity contribution in [3.63, 3.8) is 0 Å². The van der Waals surface area contributed by atoms with Gasteiger partial charge >= 0.3 is 0 Å². The van der Waals surface area contributed by atoms with E-state index in [9.17, 15) is 9.59 Å². The number of hydrogen-bond acceptors (Lipinski definition) is 3. The number of aryl methyl sites for hydroxylation is 1. The lowest BCUT2D eigenvalue weighted by molar-refractivity contribution is 0.565. The monoisotopic (exact) mass is 178 g/mol. The molecule has 0 aliphatic carbocycles. The van der Waals surface area contributed by atoms with E-state index in [0.717, 1.165) is 6.42 Å². The predicted octanol–water partition coefficient (Wildman–Crippen LogP) is 1.23. The van der Waals surface area contributed by atoms with Crippen LogP contribution in [0.25, 0.3) is 0 Å². The molecule has 13 heavy (non-hydrogen) atoms. The number of hydrogen-bond donors (Lipinski definition) is 0. The van der Waals surface area contributed by atoms with Crippen molar-refractivity contribution < 1.29 is 4.79 Å². The van der Waals surface area contributed by atoms with Gasteiger partial charge in [-0.3, -0.25) is 4.79 Å². The molecule has 0 atom stereocenters. The largest absolute Gasteiger partial charge is 0.313 e. The third-order valence-corrected chi connectivity index (χ3v) is 1.61. The van der Waals surface area contributed by atoms with Crippen LogP contribution in [0.2, 0.25) is 0 Å². The molecule has 4 heteroatoms. The summed E-state index contributed by atoms with van der Waals surface area (Å²) in [5, 5.41) is 0. The molecule has 68 valence electrons. The van der Waals surface area contributed by atoms with E-state index in [-0.39, 0.29) is 5.56 Å². The van der Waals surface area contributed by atoms with Crippen LogP contribution in [-0.2, 0) is 11.3 Å². The van der Waals surface area contributed by atoms with Crippen molar-refractivity contribution >= 4 is 11.8 Å². The highest BCUT2D eigenvalue weighted by molar-refractivity contribution is 5.46. The Morgan fingerprint density at radius 2 is 2.31 bits per heavy atom. The van der Waals surface area contributed by atoms with E-state index in [1.807, 2.05) is 6.92 Å². The summed E-state index contributed by atoms with van der Waals surface area (Å²) in [7, 11) is 0. The second-order valence-corrected chi connectivity index (χ2v) is 2.62. The molecule has 0 aliphatic heterocycles. The standard InChI is InChI=1S/C9H10N2O2/c1-2-5-11-6-8(10-7-12)3-4-9(11)13/h3-4,6H,2,5H2,1H3. The van der Waals surface area contributed by atoms with Crippen LogP contribution in [0.3, 0.4) is 0 Å². The van der Waals surface area contributed by atoms with E-state index in [0.29, 0.717) is 12.2 Å². The average molecular weight is 178 g/mol. The van der Waals surface area contributed by atoms with E-state index in [1.54, 1.807) is 6.20 Å². The zero-order valence-electron chi connectivity index (χ0n) is 7.36. The third-order valence-electron chi connectivity index (χ3n) is 1.61. The second-order valence-electron chi connectivity index (χ2n) is 2.62. The summed E-state index contributed by atoms with van der Waals surface area (Å²) >= 11 is 0. The van der Waals surface area contributed by atoms with Gasteiger partial charge in [0.2, 0.25) is 6.08 Å². The highest BCUT2D eigenvalue weighted by atomic mass is 16.1. The van der Waals surface area contributed by atoms with E-state index in [4.69, 9.17) is 0 Å². The van der Waals surface area contributed by atoms with Gasteiger partial charge < -0.3 is 4.57 Å². The van der Waals surface area contributed by atoms with Crippen molar-refractivity contribution in [2.45, 2.75) is 19.9 Å². The minimum atomic E-state index is -0.0771. The minimum absolute atomic E-state index is 0.0771. The molecule has 0 amide bonds. The lowest BCUT2D eigenvalue weighted by Gasteiger charge is -2.02. The van der Waals surface area contributed by atoms with Crippen LogP contribution in [0.15, 0.2) is 28.1 Å². The smallest absolute Gasteiger partial charge is 0.250 e. The summed E-state index contributed by atoms with van der Waals surface area (Å²) in [6, 6.07) is 2.89.